The molecular formula is C9H9BrN4O2. The lowest BCUT2D eigenvalue weighted by molar-refractivity contribution is -0.119. The van der Waals surface area contributed by atoms with Crippen molar-refractivity contribution in [3.8, 4) is 0 Å². The fourth-order valence-corrected chi connectivity index (χ4v) is 1.76. The number of hydrogen-bond donors (Lipinski definition) is 1. The average Bonchev–Trinajstić information content (AvgIpc) is 2.65. The monoisotopic (exact) mass is 284 g/mol. The molecule has 84 valence electrons. The summed E-state index contributed by atoms with van der Waals surface area (Å²) in [6.07, 6.45) is 3.37. The Balaban J connectivity index is 2.35. The number of carbonyl (C=O) groups excluding carboxylic acids is 1. The Morgan fingerprint density at radius 3 is 3.25 bits per heavy atom. The van der Waals surface area contributed by atoms with Crippen molar-refractivity contribution in [2.24, 2.45) is 0 Å². The average molecular weight is 285 g/mol. The van der Waals surface area contributed by atoms with Crippen LogP contribution in [0.3, 0.4) is 0 Å². The van der Waals surface area contributed by atoms with Crippen LogP contribution in [-0.4, -0.2) is 34.2 Å². The zero-order valence-corrected chi connectivity index (χ0v) is 10.1. The van der Waals surface area contributed by atoms with E-state index < -0.39 is 0 Å². The van der Waals surface area contributed by atoms with E-state index in [0.717, 1.165) is 4.47 Å². The Morgan fingerprint density at radius 2 is 2.50 bits per heavy atom. The molecule has 0 spiro atoms. The number of fused-ring (bicyclic) bond motifs is 1. The summed E-state index contributed by atoms with van der Waals surface area (Å²) in [5.41, 5.74) is 1.18. The van der Waals surface area contributed by atoms with Crippen LogP contribution in [0.2, 0.25) is 0 Å². The van der Waals surface area contributed by atoms with E-state index >= 15 is 0 Å². The topological polar surface area (TPSA) is 68.5 Å². The van der Waals surface area contributed by atoms with Gasteiger partial charge in [-0.25, -0.2) is 0 Å². The number of nitrogens with one attached hydrogen (secondary N) is 1. The summed E-state index contributed by atoms with van der Waals surface area (Å²) in [6, 6.07) is 1.76. The lowest BCUT2D eigenvalue weighted by atomic mass is 10.4. The maximum atomic E-state index is 11.4. The van der Waals surface area contributed by atoms with Crippen LogP contribution in [0.5, 0.6) is 0 Å². The first-order chi connectivity index (χ1) is 7.70. The molecule has 2 aromatic heterocycles. The predicted molar refractivity (Wildman–Crippen MR) is 61.2 cm³/mol. The molecule has 0 aromatic carbocycles. The Hall–Kier alpha value is -1.47. The molecule has 0 unspecified atom stereocenters. The van der Waals surface area contributed by atoms with E-state index in [1.165, 1.54) is 7.11 Å². The molecule has 0 radical (unpaired) electrons. The van der Waals surface area contributed by atoms with Crippen molar-refractivity contribution >= 4 is 33.2 Å². The molecule has 0 bridgehead atoms. The van der Waals surface area contributed by atoms with E-state index in [9.17, 15) is 4.79 Å². The molecule has 1 N–H and O–H groups in total. The van der Waals surface area contributed by atoms with E-state index in [-0.39, 0.29) is 12.5 Å². The largest absolute Gasteiger partial charge is 0.375 e. The van der Waals surface area contributed by atoms with Crippen LogP contribution in [-0.2, 0) is 9.53 Å². The number of pyridine rings is 1. The number of hydrogen-bond acceptors (Lipinski definition) is 4. The van der Waals surface area contributed by atoms with Gasteiger partial charge in [-0.15, -0.1) is 10.2 Å². The highest BCUT2D eigenvalue weighted by atomic mass is 79.9. The number of methoxy groups -OCH3 is 1. The molecule has 2 heterocycles. The molecule has 6 nitrogen and oxygen atoms in total. The lowest BCUT2D eigenvalue weighted by Crippen LogP contribution is -2.17. The minimum Gasteiger partial charge on any atom is -0.375 e. The number of nitrogens with zero attached hydrogens (tertiary/aromatic N) is 3. The highest BCUT2D eigenvalue weighted by molar-refractivity contribution is 9.10. The molecule has 0 saturated heterocycles. The molecule has 2 aromatic rings. The standard InChI is InChI=1S/C9H9BrN4O2/c1-16-4-8(15)12-7-2-6(10)3-14-5-11-13-9(7)14/h2-3,5H,4H2,1H3,(H,12,15). The summed E-state index contributed by atoms with van der Waals surface area (Å²) in [6.45, 7) is 0.00676. The van der Waals surface area contributed by atoms with Gasteiger partial charge >= 0.3 is 0 Å². The van der Waals surface area contributed by atoms with Gasteiger partial charge in [0.05, 0.1) is 5.69 Å². The fraction of sp³-hybridized carbons (Fsp3) is 0.222. The van der Waals surface area contributed by atoms with E-state index in [2.05, 4.69) is 31.4 Å². The van der Waals surface area contributed by atoms with Crippen LogP contribution in [0, 0.1) is 0 Å². The van der Waals surface area contributed by atoms with Crippen LogP contribution in [0.25, 0.3) is 5.65 Å². The van der Waals surface area contributed by atoms with Gasteiger partial charge in [0, 0.05) is 17.8 Å². The number of carbonyl (C=O) groups is 1. The van der Waals surface area contributed by atoms with Gasteiger partial charge in [-0.3, -0.25) is 9.20 Å². The maximum Gasteiger partial charge on any atom is 0.250 e. The number of ether oxygens (including phenoxy) is 1. The Labute approximate surface area is 99.7 Å². The highest BCUT2D eigenvalue weighted by Crippen LogP contribution is 2.20. The third-order valence-corrected chi connectivity index (χ3v) is 2.34. The first-order valence-corrected chi connectivity index (χ1v) is 5.27. The Kier molecular flexibility index (Phi) is 3.16. The molecule has 0 aliphatic carbocycles. The molecule has 2 rings (SSSR count). The zero-order chi connectivity index (χ0) is 11.5. The summed E-state index contributed by atoms with van der Waals surface area (Å²) in [7, 11) is 1.47. The van der Waals surface area contributed by atoms with E-state index in [0.29, 0.717) is 11.3 Å². The van der Waals surface area contributed by atoms with Crippen molar-refractivity contribution in [3.05, 3.63) is 23.1 Å². The van der Waals surface area contributed by atoms with Crippen molar-refractivity contribution < 1.29 is 9.53 Å². The van der Waals surface area contributed by atoms with Crippen molar-refractivity contribution in [1.82, 2.24) is 14.6 Å². The van der Waals surface area contributed by atoms with Gasteiger partial charge in [-0.1, -0.05) is 0 Å². The molecule has 0 aliphatic heterocycles. The quantitative estimate of drug-likeness (QED) is 0.916. The minimum absolute atomic E-state index is 0.00676. The van der Waals surface area contributed by atoms with Crippen molar-refractivity contribution in [3.63, 3.8) is 0 Å². The van der Waals surface area contributed by atoms with Crippen LogP contribution >= 0.6 is 15.9 Å². The summed E-state index contributed by atoms with van der Waals surface area (Å²) in [4.78, 5) is 11.4. The number of anilines is 1. The number of amides is 1. The number of aromatic nitrogens is 3. The normalized spacial score (nSPS) is 10.6. The Bertz CT molecular complexity index is 525. The fourth-order valence-electron chi connectivity index (χ4n) is 1.31. The zero-order valence-electron chi connectivity index (χ0n) is 8.48. The molecule has 1 amide bonds. The van der Waals surface area contributed by atoms with Crippen molar-refractivity contribution in [2.45, 2.75) is 0 Å². The van der Waals surface area contributed by atoms with Crippen molar-refractivity contribution in [1.29, 1.82) is 0 Å². The van der Waals surface area contributed by atoms with Crippen molar-refractivity contribution in [2.75, 3.05) is 19.0 Å². The third kappa shape index (κ3) is 2.20. The van der Waals surface area contributed by atoms with Crippen LogP contribution in [0.4, 0.5) is 5.69 Å². The predicted octanol–water partition coefficient (Wildman–Crippen LogP) is 1.08. The molecule has 0 aliphatic rings. The molecule has 0 atom stereocenters. The number of rotatable bonds is 3. The molecular weight excluding hydrogens is 276 g/mol. The van der Waals surface area contributed by atoms with Gasteiger partial charge in [-0.05, 0) is 22.0 Å². The second kappa shape index (κ2) is 4.58. The lowest BCUT2D eigenvalue weighted by Gasteiger charge is -2.06. The van der Waals surface area contributed by atoms with Crippen LogP contribution in [0.1, 0.15) is 0 Å². The number of halogens is 1. The second-order valence-electron chi connectivity index (χ2n) is 3.12. The summed E-state index contributed by atoms with van der Waals surface area (Å²) >= 11 is 3.34. The van der Waals surface area contributed by atoms with Crippen LogP contribution < -0.4 is 5.32 Å². The van der Waals surface area contributed by atoms with Gasteiger partial charge in [0.15, 0.2) is 5.65 Å². The first kappa shape index (κ1) is 11.0. The van der Waals surface area contributed by atoms with Gasteiger partial charge in [0.25, 0.3) is 0 Å². The summed E-state index contributed by atoms with van der Waals surface area (Å²) in [5, 5.41) is 10.4. The van der Waals surface area contributed by atoms with E-state index in [1.54, 1.807) is 23.0 Å². The van der Waals surface area contributed by atoms with Gasteiger partial charge in [0.1, 0.15) is 12.9 Å². The highest BCUT2D eigenvalue weighted by Gasteiger charge is 2.08. The van der Waals surface area contributed by atoms with Gasteiger partial charge < -0.3 is 10.1 Å². The summed E-state index contributed by atoms with van der Waals surface area (Å²) < 4.78 is 7.27. The Morgan fingerprint density at radius 1 is 1.69 bits per heavy atom. The molecule has 0 fully saturated rings. The first-order valence-electron chi connectivity index (χ1n) is 4.48. The molecule has 7 heteroatoms. The van der Waals surface area contributed by atoms with Gasteiger partial charge in [-0.2, -0.15) is 0 Å². The third-order valence-electron chi connectivity index (χ3n) is 1.91. The summed E-state index contributed by atoms with van der Waals surface area (Å²) in [5.74, 6) is -0.231. The minimum atomic E-state index is -0.231. The SMILES string of the molecule is COCC(=O)Nc1cc(Br)cn2cnnc12. The smallest absolute Gasteiger partial charge is 0.250 e. The molecule has 16 heavy (non-hydrogen) atoms. The van der Waals surface area contributed by atoms with E-state index in [4.69, 9.17) is 4.74 Å². The molecule has 0 saturated carbocycles. The van der Waals surface area contributed by atoms with Crippen LogP contribution in [0.15, 0.2) is 23.1 Å². The van der Waals surface area contributed by atoms with Gasteiger partial charge in [0.2, 0.25) is 5.91 Å². The van der Waals surface area contributed by atoms with E-state index in [1.807, 2.05) is 0 Å². The maximum absolute atomic E-state index is 11.4. The second-order valence-corrected chi connectivity index (χ2v) is 4.03.